The Kier molecular flexibility index (Phi) is 4.52. The van der Waals surface area contributed by atoms with Crippen LogP contribution >= 0.6 is 0 Å². The number of carbonyl (C=O) groups is 1. The summed E-state index contributed by atoms with van der Waals surface area (Å²) >= 11 is 0. The van der Waals surface area contributed by atoms with Gasteiger partial charge in [-0.05, 0) is 31.0 Å². The molecule has 2 fully saturated rings. The molecular weight excluding hydrogens is 356 g/mol. The predicted molar refractivity (Wildman–Crippen MR) is 105 cm³/mol. The van der Waals surface area contributed by atoms with E-state index in [9.17, 15) is 9.59 Å². The molecule has 8 nitrogen and oxygen atoms in total. The summed E-state index contributed by atoms with van der Waals surface area (Å²) < 4.78 is 3.74. The number of nitrogens with zero attached hydrogens (tertiary/aromatic N) is 4. The summed E-state index contributed by atoms with van der Waals surface area (Å²) in [5.74, 6) is 1.56. The van der Waals surface area contributed by atoms with Crippen LogP contribution < -0.4 is 16.2 Å². The summed E-state index contributed by atoms with van der Waals surface area (Å²) in [6, 6.07) is 3.96. The molecule has 148 valence electrons. The topological polar surface area (TPSA) is 84.2 Å². The zero-order valence-corrected chi connectivity index (χ0v) is 15.9. The highest BCUT2D eigenvalue weighted by molar-refractivity contribution is 5.77. The van der Waals surface area contributed by atoms with E-state index < -0.39 is 0 Å². The molecule has 5 heterocycles. The van der Waals surface area contributed by atoms with Crippen LogP contribution in [0.25, 0.3) is 11.4 Å². The first-order valence-electron chi connectivity index (χ1n) is 10.1. The fourth-order valence-electron chi connectivity index (χ4n) is 4.80. The number of hydrogen-bond acceptors (Lipinski definition) is 5. The Balaban J connectivity index is 1.45. The zero-order valence-electron chi connectivity index (χ0n) is 15.9. The summed E-state index contributed by atoms with van der Waals surface area (Å²) in [5.41, 5.74) is 1.71. The van der Waals surface area contributed by atoms with Crippen LogP contribution in [0.2, 0.25) is 0 Å². The monoisotopic (exact) mass is 382 g/mol. The number of pyridine rings is 1. The summed E-state index contributed by atoms with van der Waals surface area (Å²) in [4.78, 5) is 32.2. The van der Waals surface area contributed by atoms with Crippen molar-refractivity contribution in [2.24, 2.45) is 5.92 Å². The molecule has 0 radical (unpaired) electrons. The molecule has 2 atom stereocenters. The number of carbonyl (C=O) groups excluding carboxylic acids is 1. The van der Waals surface area contributed by atoms with Crippen molar-refractivity contribution in [3.8, 4) is 11.4 Å². The molecule has 2 saturated heterocycles. The van der Waals surface area contributed by atoms with Crippen molar-refractivity contribution in [3.05, 3.63) is 40.6 Å². The molecular formula is C20H26N6O2. The number of imidazole rings is 1. The van der Waals surface area contributed by atoms with Crippen molar-refractivity contribution >= 4 is 5.91 Å². The highest BCUT2D eigenvalue weighted by Crippen LogP contribution is 2.32. The molecule has 2 aromatic heterocycles. The van der Waals surface area contributed by atoms with Gasteiger partial charge in [0.2, 0.25) is 5.91 Å². The average Bonchev–Trinajstić information content (AvgIpc) is 3.17. The minimum Gasteiger partial charge on any atom is -0.339 e. The van der Waals surface area contributed by atoms with Crippen LogP contribution in [0, 0.1) is 5.92 Å². The molecule has 2 aromatic rings. The maximum absolute atomic E-state index is 13.3. The van der Waals surface area contributed by atoms with E-state index in [4.69, 9.17) is 0 Å². The lowest BCUT2D eigenvalue weighted by molar-refractivity contribution is -0.132. The Labute approximate surface area is 163 Å². The molecule has 2 N–H and O–H groups in total. The largest absolute Gasteiger partial charge is 0.339 e. The normalized spacial score (nSPS) is 24.1. The van der Waals surface area contributed by atoms with Crippen LogP contribution in [0.1, 0.15) is 18.0 Å². The first-order valence-corrected chi connectivity index (χ1v) is 10.1. The number of piperidine rings is 1. The molecule has 0 unspecified atom stereocenters. The molecule has 1 amide bonds. The van der Waals surface area contributed by atoms with Gasteiger partial charge >= 0.3 is 0 Å². The minimum atomic E-state index is 0.0103. The fraction of sp³-hybridized carbons (Fsp3) is 0.550. The number of piperazine rings is 1. The van der Waals surface area contributed by atoms with Gasteiger partial charge in [0.05, 0.1) is 5.56 Å². The smallest absolute Gasteiger partial charge is 0.261 e. The second-order valence-corrected chi connectivity index (χ2v) is 8.05. The van der Waals surface area contributed by atoms with E-state index in [-0.39, 0.29) is 18.0 Å². The average molecular weight is 382 g/mol. The van der Waals surface area contributed by atoms with Crippen LogP contribution in [0.5, 0.6) is 0 Å². The third kappa shape index (κ3) is 3.06. The van der Waals surface area contributed by atoms with E-state index in [0.717, 1.165) is 57.9 Å². The molecule has 0 aromatic carbocycles. The van der Waals surface area contributed by atoms with E-state index in [2.05, 4.69) is 21.7 Å². The van der Waals surface area contributed by atoms with Crippen LogP contribution in [-0.4, -0.2) is 64.2 Å². The maximum atomic E-state index is 13.3. The van der Waals surface area contributed by atoms with E-state index >= 15 is 0 Å². The van der Waals surface area contributed by atoms with Crippen LogP contribution in [0.3, 0.4) is 0 Å². The molecule has 0 spiro atoms. The molecule has 3 aliphatic heterocycles. The molecule has 3 aliphatic rings. The SMILES string of the molecule is O=C(Cn1ccnc1-c1ccc2n(c1=O)C[C@@H]1CNC[C@H]2C1)N1CCNCC1. The third-order valence-electron chi connectivity index (χ3n) is 6.24. The van der Waals surface area contributed by atoms with Crippen molar-refractivity contribution in [2.75, 3.05) is 39.3 Å². The Morgan fingerprint density at radius 3 is 2.89 bits per heavy atom. The molecule has 8 heteroatoms. The van der Waals surface area contributed by atoms with Gasteiger partial charge < -0.3 is 24.7 Å². The summed E-state index contributed by atoms with van der Waals surface area (Å²) in [5, 5.41) is 6.73. The molecule has 2 bridgehead atoms. The lowest BCUT2D eigenvalue weighted by Crippen LogP contribution is -2.47. The van der Waals surface area contributed by atoms with Crippen molar-refractivity contribution < 1.29 is 4.79 Å². The van der Waals surface area contributed by atoms with Crippen molar-refractivity contribution in [1.29, 1.82) is 0 Å². The predicted octanol–water partition coefficient (Wildman–Crippen LogP) is -0.150. The van der Waals surface area contributed by atoms with Gasteiger partial charge in [-0.2, -0.15) is 0 Å². The Morgan fingerprint density at radius 2 is 2.04 bits per heavy atom. The van der Waals surface area contributed by atoms with Gasteiger partial charge in [-0.15, -0.1) is 0 Å². The summed E-state index contributed by atoms with van der Waals surface area (Å²) in [7, 11) is 0. The van der Waals surface area contributed by atoms with Gasteiger partial charge in [0.15, 0.2) is 0 Å². The molecule has 0 aliphatic carbocycles. The van der Waals surface area contributed by atoms with Gasteiger partial charge in [-0.3, -0.25) is 9.59 Å². The minimum absolute atomic E-state index is 0.0103. The number of rotatable bonds is 3. The van der Waals surface area contributed by atoms with E-state index in [1.165, 1.54) is 0 Å². The highest BCUT2D eigenvalue weighted by Gasteiger charge is 2.31. The van der Waals surface area contributed by atoms with Crippen molar-refractivity contribution in [2.45, 2.75) is 25.4 Å². The first-order chi connectivity index (χ1) is 13.7. The van der Waals surface area contributed by atoms with Gasteiger partial charge in [0.1, 0.15) is 12.4 Å². The number of fused-ring (bicyclic) bond motifs is 4. The van der Waals surface area contributed by atoms with Crippen molar-refractivity contribution in [3.63, 3.8) is 0 Å². The van der Waals surface area contributed by atoms with Crippen LogP contribution in [0.15, 0.2) is 29.3 Å². The first kappa shape index (κ1) is 17.6. The molecule has 0 saturated carbocycles. The van der Waals surface area contributed by atoms with Gasteiger partial charge in [-0.25, -0.2) is 4.98 Å². The second kappa shape index (κ2) is 7.18. The van der Waals surface area contributed by atoms with E-state index in [0.29, 0.717) is 23.2 Å². The lowest BCUT2D eigenvalue weighted by Gasteiger charge is -2.37. The van der Waals surface area contributed by atoms with Crippen LogP contribution in [0.4, 0.5) is 0 Å². The van der Waals surface area contributed by atoms with Crippen molar-refractivity contribution in [1.82, 2.24) is 29.7 Å². The van der Waals surface area contributed by atoms with Gasteiger partial charge in [-0.1, -0.05) is 0 Å². The lowest BCUT2D eigenvalue weighted by atomic mass is 9.84. The van der Waals surface area contributed by atoms with Gasteiger partial charge in [0, 0.05) is 63.3 Å². The number of aromatic nitrogens is 3. The number of nitrogens with one attached hydrogen (secondary N) is 2. The standard InChI is InChI=1S/C20H26N6O2/c27-18(24-6-3-21-4-7-24)13-25-8-5-23-19(25)16-1-2-17-15-9-14(10-22-11-15)12-26(17)20(16)28/h1-2,5,8,14-15,21-22H,3-4,6-7,9-13H2/t14-,15+/m0/s1. The maximum Gasteiger partial charge on any atom is 0.261 e. The van der Waals surface area contributed by atoms with Crippen LogP contribution in [-0.2, 0) is 17.9 Å². The fourth-order valence-corrected chi connectivity index (χ4v) is 4.80. The van der Waals surface area contributed by atoms with Gasteiger partial charge in [0.25, 0.3) is 5.56 Å². The highest BCUT2D eigenvalue weighted by atomic mass is 16.2. The number of amides is 1. The Morgan fingerprint density at radius 1 is 1.18 bits per heavy atom. The zero-order chi connectivity index (χ0) is 19.1. The number of hydrogen-bond donors (Lipinski definition) is 2. The summed E-state index contributed by atoms with van der Waals surface area (Å²) in [6.45, 7) is 5.97. The van der Waals surface area contributed by atoms with E-state index in [1.54, 1.807) is 17.0 Å². The molecule has 5 rings (SSSR count). The summed E-state index contributed by atoms with van der Waals surface area (Å²) in [6.07, 6.45) is 4.61. The quantitative estimate of drug-likeness (QED) is 0.771. The third-order valence-corrected chi connectivity index (χ3v) is 6.24. The van der Waals surface area contributed by atoms with E-state index in [1.807, 2.05) is 15.5 Å². The Bertz CT molecular complexity index is 942. The Hall–Kier alpha value is -2.45. The molecule has 28 heavy (non-hydrogen) atoms. The second-order valence-electron chi connectivity index (χ2n) is 8.05.